The Labute approximate surface area is 58.1 Å². The van der Waals surface area contributed by atoms with Crippen molar-refractivity contribution in [1.29, 1.82) is 0 Å². The van der Waals surface area contributed by atoms with Crippen LogP contribution >= 0.6 is 24.2 Å². The SMILES string of the molecule is Sc1ccnc(Cl)c1. The molecule has 0 aliphatic rings. The lowest BCUT2D eigenvalue weighted by Crippen LogP contribution is -1.70. The molecule has 1 rings (SSSR count). The Hall–Kier alpha value is -0.210. The zero-order valence-electron chi connectivity index (χ0n) is 4.00. The molecule has 0 unspecified atom stereocenters. The number of halogens is 1. The first-order valence-electron chi connectivity index (χ1n) is 2.09. The van der Waals surface area contributed by atoms with E-state index in [1.807, 2.05) is 0 Å². The zero-order chi connectivity index (χ0) is 5.98. The highest BCUT2D eigenvalue weighted by atomic mass is 35.5. The van der Waals surface area contributed by atoms with Crippen LogP contribution in [-0.2, 0) is 0 Å². The van der Waals surface area contributed by atoms with Gasteiger partial charge in [-0.15, -0.1) is 12.6 Å². The fraction of sp³-hybridized carbons (Fsp3) is 0. The van der Waals surface area contributed by atoms with Crippen LogP contribution in [0.3, 0.4) is 0 Å². The number of pyridine rings is 1. The summed E-state index contributed by atoms with van der Waals surface area (Å²) < 4.78 is 0. The molecule has 0 saturated heterocycles. The van der Waals surface area contributed by atoms with Crippen LogP contribution in [0.5, 0.6) is 0 Å². The van der Waals surface area contributed by atoms with Crippen LogP contribution in [0.15, 0.2) is 23.2 Å². The first-order valence-corrected chi connectivity index (χ1v) is 2.92. The van der Waals surface area contributed by atoms with Gasteiger partial charge in [-0.25, -0.2) is 4.98 Å². The lowest BCUT2D eigenvalue weighted by atomic mass is 10.5. The average molecular weight is 146 g/mol. The zero-order valence-corrected chi connectivity index (χ0v) is 5.65. The third kappa shape index (κ3) is 1.39. The standard InChI is InChI=1S/C5H4ClNS/c6-5-3-4(8)1-2-7-5/h1-3H,(H,7,8). The van der Waals surface area contributed by atoms with Gasteiger partial charge >= 0.3 is 0 Å². The number of rotatable bonds is 0. The molecule has 0 aromatic carbocycles. The van der Waals surface area contributed by atoms with Gasteiger partial charge in [-0.1, -0.05) is 11.6 Å². The number of hydrogen-bond donors (Lipinski definition) is 1. The van der Waals surface area contributed by atoms with Crippen molar-refractivity contribution in [2.24, 2.45) is 0 Å². The van der Waals surface area contributed by atoms with Crippen LogP contribution in [0, 0.1) is 0 Å². The third-order valence-electron chi connectivity index (χ3n) is 0.710. The van der Waals surface area contributed by atoms with E-state index >= 15 is 0 Å². The summed E-state index contributed by atoms with van der Waals surface area (Å²) >= 11 is 9.51. The summed E-state index contributed by atoms with van der Waals surface area (Å²) in [5.74, 6) is 0. The van der Waals surface area contributed by atoms with E-state index in [4.69, 9.17) is 11.6 Å². The quantitative estimate of drug-likeness (QED) is 0.436. The van der Waals surface area contributed by atoms with Gasteiger partial charge in [0.1, 0.15) is 5.15 Å². The largest absolute Gasteiger partial charge is 0.244 e. The van der Waals surface area contributed by atoms with E-state index in [1.54, 1.807) is 18.3 Å². The summed E-state index contributed by atoms with van der Waals surface area (Å²) in [6.45, 7) is 0. The lowest BCUT2D eigenvalue weighted by molar-refractivity contribution is 1.27. The van der Waals surface area contributed by atoms with Crippen LogP contribution in [0.4, 0.5) is 0 Å². The van der Waals surface area contributed by atoms with Crippen LogP contribution < -0.4 is 0 Å². The van der Waals surface area contributed by atoms with Crippen LogP contribution in [0.1, 0.15) is 0 Å². The summed E-state index contributed by atoms with van der Waals surface area (Å²) in [4.78, 5) is 4.59. The molecule has 0 fully saturated rings. The molecule has 1 heterocycles. The highest BCUT2D eigenvalue weighted by molar-refractivity contribution is 7.80. The van der Waals surface area contributed by atoms with E-state index in [1.165, 1.54) is 0 Å². The topological polar surface area (TPSA) is 12.9 Å². The molecule has 8 heavy (non-hydrogen) atoms. The van der Waals surface area contributed by atoms with E-state index < -0.39 is 0 Å². The minimum atomic E-state index is 0.484. The van der Waals surface area contributed by atoms with Gasteiger partial charge in [0.05, 0.1) is 0 Å². The predicted octanol–water partition coefficient (Wildman–Crippen LogP) is 2.02. The molecule has 0 radical (unpaired) electrons. The average Bonchev–Trinajstić information content (AvgIpc) is 1.64. The minimum absolute atomic E-state index is 0.484. The molecule has 0 aliphatic carbocycles. The summed E-state index contributed by atoms with van der Waals surface area (Å²) in [6, 6.07) is 3.46. The van der Waals surface area contributed by atoms with E-state index in [0.29, 0.717) is 5.15 Å². The van der Waals surface area contributed by atoms with Gasteiger partial charge in [0.15, 0.2) is 0 Å². The molecule has 0 bridgehead atoms. The fourth-order valence-corrected chi connectivity index (χ4v) is 0.831. The molecule has 0 aliphatic heterocycles. The summed E-state index contributed by atoms with van der Waals surface area (Å²) in [6.07, 6.45) is 1.62. The van der Waals surface area contributed by atoms with Crippen LogP contribution in [0.2, 0.25) is 5.15 Å². The van der Waals surface area contributed by atoms with Crippen molar-refractivity contribution in [2.75, 3.05) is 0 Å². The highest BCUT2D eigenvalue weighted by Gasteiger charge is 1.85. The van der Waals surface area contributed by atoms with Gasteiger partial charge in [0.2, 0.25) is 0 Å². The third-order valence-corrected chi connectivity index (χ3v) is 1.20. The molecular formula is C5H4ClNS. The van der Waals surface area contributed by atoms with Gasteiger partial charge in [-0.3, -0.25) is 0 Å². The van der Waals surface area contributed by atoms with Gasteiger partial charge in [0, 0.05) is 11.1 Å². The maximum atomic E-state index is 5.48. The molecule has 0 atom stereocenters. The van der Waals surface area contributed by atoms with Crippen molar-refractivity contribution in [3.63, 3.8) is 0 Å². The number of hydrogen-bond acceptors (Lipinski definition) is 2. The first kappa shape index (κ1) is 5.92. The minimum Gasteiger partial charge on any atom is -0.244 e. The molecule has 0 amide bonds. The normalized spacial score (nSPS) is 9.25. The Morgan fingerprint density at radius 1 is 1.62 bits per heavy atom. The van der Waals surface area contributed by atoms with Crippen molar-refractivity contribution < 1.29 is 0 Å². The Kier molecular flexibility index (Phi) is 1.76. The van der Waals surface area contributed by atoms with Crippen molar-refractivity contribution in [2.45, 2.75) is 4.90 Å². The Morgan fingerprint density at radius 3 is 2.75 bits per heavy atom. The van der Waals surface area contributed by atoms with Crippen molar-refractivity contribution in [3.05, 3.63) is 23.5 Å². The van der Waals surface area contributed by atoms with E-state index in [-0.39, 0.29) is 0 Å². The molecule has 42 valence electrons. The maximum absolute atomic E-state index is 5.48. The fourth-order valence-electron chi connectivity index (χ4n) is 0.392. The highest BCUT2D eigenvalue weighted by Crippen LogP contribution is 2.09. The molecule has 1 aromatic heterocycles. The van der Waals surface area contributed by atoms with Crippen LogP contribution in [0.25, 0.3) is 0 Å². The maximum Gasteiger partial charge on any atom is 0.130 e. The molecule has 1 aromatic rings. The number of thiol groups is 1. The van der Waals surface area contributed by atoms with Gasteiger partial charge < -0.3 is 0 Å². The second-order valence-electron chi connectivity index (χ2n) is 1.34. The Bertz CT molecular complexity index is 172. The van der Waals surface area contributed by atoms with Crippen LogP contribution in [-0.4, -0.2) is 4.98 Å². The van der Waals surface area contributed by atoms with Gasteiger partial charge in [-0.05, 0) is 12.1 Å². The molecule has 0 N–H and O–H groups in total. The second kappa shape index (κ2) is 2.37. The van der Waals surface area contributed by atoms with Crippen molar-refractivity contribution in [1.82, 2.24) is 4.98 Å². The van der Waals surface area contributed by atoms with E-state index in [0.717, 1.165) is 4.90 Å². The number of aromatic nitrogens is 1. The smallest absolute Gasteiger partial charge is 0.130 e. The first-order chi connectivity index (χ1) is 3.79. The molecule has 0 spiro atoms. The summed E-state index contributed by atoms with van der Waals surface area (Å²) in [5.41, 5.74) is 0. The van der Waals surface area contributed by atoms with E-state index in [2.05, 4.69) is 17.6 Å². The summed E-state index contributed by atoms with van der Waals surface area (Å²) in [5, 5.41) is 0.484. The lowest BCUT2D eigenvalue weighted by Gasteiger charge is -1.87. The second-order valence-corrected chi connectivity index (χ2v) is 2.24. The molecule has 0 saturated carbocycles. The monoisotopic (exact) mass is 145 g/mol. The summed E-state index contributed by atoms with van der Waals surface area (Å²) in [7, 11) is 0. The van der Waals surface area contributed by atoms with Crippen molar-refractivity contribution in [3.8, 4) is 0 Å². The predicted molar refractivity (Wildman–Crippen MR) is 36.5 cm³/mol. The Balaban J connectivity index is 3.08. The van der Waals surface area contributed by atoms with Gasteiger partial charge in [-0.2, -0.15) is 0 Å². The molecule has 1 nitrogen and oxygen atoms in total. The Morgan fingerprint density at radius 2 is 2.38 bits per heavy atom. The molecular weight excluding hydrogens is 142 g/mol. The van der Waals surface area contributed by atoms with Gasteiger partial charge in [0.25, 0.3) is 0 Å². The van der Waals surface area contributed by atoms with E-state index in [9.17, 15) is 0 Å². The van der Waals surface area contributed by atoms with Crippen molar-refractivity contribution >= 4 is 24.2 Å². The molecule has 3 heteroatoms. The number of nitrogens with zero attached hydrogens (tertiary/aromatic N) is 1.